The van der Waals surface area contributed by atoms with Crippen LogP contribution in [-0.2, 0) is 28.8 Å². The first-order valence-corrected chi connectivity index (χ1v) is 10.8. The number of hydrogen-bond donors (Lipinski definition) is 4. The van der Waals surface area contributed by atoms with Crippen molar-refractivity contribution in [3.05, 3.63) is 0 Å². The van der Waals surface area contributed by atoms with E-state index in [1.165, 1.54) is 0 Å². The zero-order valence-electron chi connectivity index (χ0n) is 16.8. The summed E-state index contributed by atoms with van der Waals surface area (Å²) >= 11 is 0. The molecular weight excluding hydrogens is 408 g/mol. The van der Waals surface area contributed by atoms with Crippen molar-refractivity contribution in [3.63, 3.8) is 0 Å². The number of rotatable bonds is 12. The summed E-state index contributed by atoms with van der Waals surface area (Å²) in [6.45, 7) is 0. The van der Waals surface area contributed by atoms with E-state index >= 15 is 0 Å². The summed E-state index contributed by atoms with van der Waals surface area (Å²) in [5, 5.41) is 9.62. The normalized spacial score (nSPS) is 21.9. The Morgan fingerprint density at radius 1 is 0.833 bits per heavy atom. The number of carbonyl (C=O) groups excluding carboxylic acids is 6. The first kappa shape index (κ1) is 23.7. The predicted molar refractivity (Wildman–Crippen MR) is 106 cm³/mol. The van der Waals surface area contributed by atoms with Gasteiger partial charge in [0.05, 0.1) is 22.6 Å². The summed E-state index contributed by atoms with van der Waals surface area (Å²) in [6, 6.07) is -0.751. The number of imide groups is 2. The van der Waals surface area contributed by atoms with Gasteiger partial charge in [-0.25, -0.2) is 0 Å². The molecule has 2 fully saturated rings. The molecule has 0 aromatic rings. The molecule has 4 N–H and O–H groups in total. The Kier molecular flexibility index (Phi) is 9.15. The van der Waals surface area contributed by atoms with Gasteiger partial charge in [-0.05, 0) is 12.8 Å². The topological polar surface area (TPSA) is 151 Å². The molecule has 0 aromatic heterocycles. The van der Waals surface area contributed by atoms with Crippen LogP contribution in [0.4, 0.5) is 0 Å². The lowest BCUT2D eigenvalue weighted by Crippen LogP contribution is -2.43. The van der Waals surface area contributed by atoms with E-state index in [9.17, 15) is 28.8 Å². The van der Waals surface area contributed by atoms with Gasteiger partial charge in [0.25, 0.3) is 0 Å². The molecule has 2 saturated heterocycles. The summed E-state index contributed by atoms with van der Waals surface area (Å²) in [7, 11) is 3.31. The average molecular weight is 436 g/mol. The first-order chi connectivity index (χ1) is 14.3. The first-order valence-electron chi connectivity index (χ1n) is 10.2. The van der Waals surface area contributed by atoms with Crippen LogP contribution in [0.3, 0.4) is 0 Å². The van der Waals surface area contributed by atoms with E-state index in [1.807, 2.05) is 0 Å². The highest BCUT2D eigenvalue weighted by Crippen LogP contribution is 2.14. The van der Waals surface area contributed by atoms with Crippen molar-refractivity contribution in [2.24, 2.45) is 5.92 Å². The maximum absolute atomic E-state index is 11.9. The van der Waals surface area contributed by atoms with Gasteiger partial charge in [0.15, 0.2) is 0 Å². The Morgan fingerprint density at radius 2 is 1.37 bits per heavy atom. The van der Waals surface area contributed by atoms with Crippen molar-refractivity contribution in [3.8, 4) is 0 Å². The molecule has 2 rings (SSSR count). The fraction of sp³-hybridized carbons (Fsp3) is 0.684. The molecule has 30 heavy (non-hydrogen) atoms. The summed E-state index contributed by atoms with van der Waals surface area (Å²) in [4.78, 5) is 69.0. The van der Waals surface area contributed by atoms with E-state index in [2.05, 4.69) is 31.5 Å². The molecule has 2 aliphatic rings. The van der Waals surface area contributed by atoms with Gasteiger partial charge in [0.2, 0.25) is 35.4 Å². The van der Waals surface area contributed by atoms with Gasteiger partial charge < -0.3 is 10.6 Å². The summed E-state index contributed by atoms with van der Waals surface area (Å²) in [5.41, 5.74) is -0.566. The van der Waals surface area contributed by atoms with Crippen LogP contribution in [0.15, 0.2) is 0 Å². The van der Waals surface area contributed by atoms with Crippen LogP contribution < -0.4 is 21.3 Å². The zero-order chi connectivity index (χ0) is 22.1. The van der Waals surface area contributed by atoms with E-state index in [1.54, 1.807) is 0 Å². The third-order valence-corrected chi connectivity index (χ3v) is 5.63. The van der Waals surface area contributed by atoms with Crippen LogP contribution in [0.2, 0.25) is 0 Å². The van der Waals surface area contributed by atoms with E-state index in [4.69, 9.17) is 0 Å². The van der Waals surface area contributed by atoms with Crippen molar-refractivity contribution < 1.29 is 28.8 Å². The summed E-state index contributed by atoms with van der Waals surface area (Å²) in [6.07, 6.45) is 5.73. The Bertz CT molecular complexity index is 713. The quantitative estimate of drug-likeness (QED) is 0.174. The largest absolute Gasteiger partial charge is 0.356 e. The number of carbonyl (C=O) groups is 6. The second-order valence-corrected chi connectivity index (χ2v) is 8.25. The van der Waals surface area contributed by atoms with Gasteiger partial charge in [-0.2, -0.15) is 0 Å². The molecule has 10 nitrogen and oxygen atoms in total. The van der Waals surface area contributed by atoms with E-state index in [-0.39, 0.29) is 42.4 Å². The van der Waals surface area contributed by atoms with Crippen LogP contribution in [0.25, 0.3) is 0 Å². The fourth-order valence-corrected chi connectivity index (χ4v) is 3.83. The second-order valence-electron chi connectivity index (χ2n) is 7.63. The molecular formula is C19H27N4O6Si. The van der Waals surface area contributed by atoms with Crippen LogP contribution in [-0.4, -0.2) is 57.4 Å². The zero-order valence-corrected chi connectivity index (χ0v) is 17.8. The van der Waals surface area contributed by atoms with E-state index in [0.29, 0.717) is 25.7 Å². The number of hydrogen-bond acceptors (Lipinski definition) is 6. The van der Waals surface area contributed by atoms with Gasteiger partial charge in [-0.15, -0.1) is 0 Å². The number of amides is 6. The molecule has 11 heteroatoms. The van der Waals surface area contributed by atoms with Gasteiger partial charge in [-0.1, -0.05) is 25.7 Å². The molecule has 3 atom stereocenters. The minimum Gasteiger partial charge on any atom is -0.356 e. The van der Waals surface area contributed by atoms with Gasteiger partial charge in [0, 0.05) is 24.9 Å². The van der Waals surface area contributed by atoms with Gasteiger partial charge >= 0.3 is 0 Å². The SMILES string of the molecule is O=C1C[C@H](NC(=O)CCCCCCCCC(=O)NC([Si])[C@H]2CC(=O)NC2=O)C(=O)N1. The average Bonchev–Trinajstić information content (AvgIpc) is 3.17. The highest BCUT2D eigenvalue weighted by atomic mass is 28.1. The van der Waals surface area contributed by atoms with Crippen LogP contribution >= 0.6 is 0 Å². The van der Waals surface area contributed by atoms with Crippen LogP contribution in [0.1, 0.15) is 64.2 Å². The molecule has 0 spiro atoms. The third kappa shape index (κ3) is 7.69. The van der Waals surface area contributed by atoms with Crippen molar-refractivity contribution in [2.75, 3.05) is 0 Å². The molecule has 1 unspecified atom stereocenters. The predicted octanol–water partition coefficient (Wildman–Crippen LogP) is -1.09. The molecule has 163 valence electrons. The Labute approximate surface area is 178 Å². The summed E-state index contributed by atoms with van der Waals surface area (Å²) < 4.78 is 0. The molecule has 0 aliphatic carbocycles. The second kappa shape index (κ2) is 11.6. The lowest BCUT2D eigenvalue weighted by molar-refractivity contribution is -0.128. The lowest BCUT2D eigenvalue weighted by atomic mass is 10.1. The van der Waals surface area contributed by atoms with E-state index < -0.39 is 23.5 Å². The van der Waals surface area contributed by atoms with Gasteiger partial charge in [0.1, 0.15) is 6.04 Å². The van der Waals surface area contributed by atoms with Crippen molar-refractivity contribution >= 4 is 45.7 Å². The monoisotopic (exact) mass is 435 g/mol. The Balaban J connectivity index is 1.45. The number of nitrogens with one attached hydrogen (secondary N) is 4. The molecule has 0 bridgehead atoms. The van der Waals surface area contributed by atoms with Crippen molar-refractivity contribution in [2.45, 2.75) is 75.9 Å². The molecule has 0 aromatic carbocycles. The Hall–Kier alpha value is -2.56. The molecule has 3 radical (unpaired) electrons. The van der Waals surface area contributed by atoms with Crippen molar-refractivity contribution in [1.82, 2.24) is 21.3 Å². The molecule has 6 amide bonds. The van der Waals surface area contributed by atoms with Crippen molar-refractivity contribution in [1.29, 1.82) is 0 Å². The lowest BCUT2D eigenvalue weighted by Gasteiger charge is -2.17. The highest BCUT2D eigenvalue weighted by Gasteiger charge is 2.35. The minimum atomic E-state index is -0.751. The smallest absolute Gasteiger partial charge is 0.249 e. The van der Waals surface area contributed by atoms with E-state index in [0.717, 1.165) is 25.7 Å². The maximum atomic E-state index is 11.9. The summed E-state index contributed by atoms with van der Waals surface area (Å²) in [5.74, 6) is -2.53. The Morgan fingerprint density at radius 3 is 1.90 bits per heavy atom. The molecule has 0 saturated carbocycles. The molecule has 2 aliphatic heterocycles. The number of unbranched alkanes of at least 4 members (excludes halogenated alkanes) is 5. The maximum Gasteiger partial charge on any atom is 0.249 e. The van der Waals surface area contributed by atoms with Crippen LogP contribution in [0.5, 0.6) is 0 Å². The fourth-order valence-electron chi connectivity index (χ4n) is 3.40. The third-order valence-electron chi connectivity index (χ3n) is 5.09. The highest BCUT2D eigenvalue weighted by molar-refractivity contribution is 6.17. The molecule has 2 heterocycles. The standard InChI is InChI=1S/C19H27N4O6Si/c24-13(20-12-10-16(27)22-18(12)29)7-5-3-1-2-4-6-8-14(25)23-19(30)11-9-15(26)21-17(11)28/h11-12,19H,1-10H2,(H,20,24)(H,23,25)(H,21,26,28)(H,22,27,29)/t11-,12-,19?/m0/s1. The van der Waals surface area contributed by atoms with Gasteiger partial charge in [-0.3, -0.25) is 39.4 Å². The van der Waals surface area contributed by atoms with Crippen LogP contribution in [0, 0.1) is 5.92 Å². The minimum absolute atomic E-state index is 0.000156.